The average Bonchev–Trinajstić information content (AvgIpc) is 3.67. The number of ether oxygens (including phenoxy) is 5. The van der Waals surface area contributed by atoms with Crippen molar-refractivity contribution in [1.29, 1.82) is 0 Å². The maximum absolute atomic E-state index is 13.8. The highest BCUT2D eigenvalue weighted by molar-refractivity contribution is 7.22. The number of hydrogen-bond donors (Lipinski definition) is 1. The van der Waals surface area contributed by atoms with Gasteiger partial charge in [-0.25, -0.2) is 4.98 Å². The number of ketones is 1. The molecule has 40 heavy (non-hydrogen) atoms. The van der Waals surface area contributed by atoms with Gasteiger partial charge in [0.1, 0.15) is 0 Å². The van der Waals surface area contributed by atoms with Crippen LogP contribution in [0.5, 0.6) is 0 Å². The molecule has 1 saturated heterocycles. The van der Waals surface area contributed by atoms with E-state index in [1.165, 1.54) is 18.4 Å². The second-order valence-corrected chi connectivity index (χ2v) is 12.4. The molecule has 222 valence electrons. The minimum absolute atomic E-state index is 0.00862. The Hall–Kier alpha value is -1.66. The van der Waals surface area contributed by atoms with Crippen LogP contribution >= 0.6 is 11.3 Å². The molecule has 3 atom stereocenters. The van der Waals surface area contributed by atoms with Gasteiger partial charge in [0.25, 0.3) is 0 Å². The molecule has 0 radical (unpaired) electrons. The number of carbonyl (C=O) groups is 1. The fourth-order valence-corrected chi connectivity index (χ4v) is 7.30. The van der Waals surface area contributed by atoms with Crippen LogP contribution in [0.3, 0.4) is 0 Å². The topological polar surface area (TPSA) is 91.4 Å². The smallest absolute Gasteiger partial charge is 0.183 e. The van der Waals surface area contributed by atoms with E-state index in [2.05, 4.69) is 24.1 Å². The number of fused-ring (bicyclic) bond motifs is 6. The Bertz CT molecular complexity index is 1120. The highest BCUT2D eigenvalue weighted by Crippen LogP contribution is 2.52. The van der Waals surface area contributed by atoms with Crippen LogP contribution in [0, 0.1) is 11.8 Å². The molecule has 2 heterocycles. The van der Waals surface area contributed by atoms with E-state index in [-0.39, 0.29) is 11.5 Å². The lowest BCUT2D eigenvalue weighted by Gasteiger charge is -2.53. The Balaban J connectivity index is 1.05. The number of anilines is 1. The molecule has 1 aliphatic heterocycles. The standard InChI is InChI=1S/C30H45N3O6S/c1-21-26-27(34)23-6-7-24-28(25(23)30(21,2)8-10-33(26)20-22-4-5-22)40-29(32-24)31-9-11-36-14-15-38-18-19-39-17-16-37-13-12-35-3/h6-7,21-22,26H,4-5,8-20H2,1-3H3,(H,31,32)/t21-,26?,30+/m0/s1. The minimum atomic E-state index is -0.0106. The second kappa shape index (κ2) is 14.0. The summed E-state index contributed by atoms with van der Waals surface area (Å²) in [6.07, 6.45) is 3.72. The zero-order chi connectivity index (χ0) is 28.0. The van der Waals surface area contributed by atoms with Crippen molar-refractivity contribution in [2.45, 2.75) is 44.6 Å². The monoisotopic (exact) mass is 575 g/mol. The molecule has 1 saturated carbocycles. The van der Waals surface area contributed by atoms with Crippen molar-refractivity contribution in [3.63, 3.8) is 0 Å². The summed E-state index contributed by atoms with van der Waals surface area (Å²) >= 11 is 1.67. The van der Waals surface area contributed by atoms with Crippen LogP contribution in [-0.4, -0.2) is 108 Å². The number of benzene rings is 1. The number of aromatic nitrogens is 1. The van der Waals surface area contributed by atoms with Gasteiger partial charge in [-0.1, -0.05) is 25.2 Å². The average molecular weight is 576 g/mol. The van der Waals surface area contributed by atoms with Crippen LogP contribution in [0.1, 0.15) is 49.0 Å². The van der Waals surface area contributed by atoms with Gasteiger partial charge < -0.3 is 29.0 Å². The minimum Gasteiger partial charge on any atom is -0.382 e. The molecule has 1 aromatic heterocycles. The first-order valence-electron chi connectivity index (χ1n) is 14.8. The number of nitrogens with zero attached hydrogens (tertiary/aromatic N) is 2. The first kappa shape index (κ1) is 29.8. The van der Waals surface area contributed by atoms with Crippen molar-refractivity contribution in [3.8, 4) is 0 Å². The Morgan fingerprint density at radius 1 is 1.00 bits per heavy atom. The van der Waals surface area contributed by atoms with Crippen molar-refractivity contribution in [3.05, 3.63) is 23.3 Å². The third-order valence-electron chi connectivity index (χ3n) is 8.71. The molecule has 2 aliphatic carbocycles. The number of likely N-dealkylation sites (tertiary alicyclic amines) is 1. The number of Topliss-reactive ketones (excluding diaryl/α,β-unsaturated/α-hetero) is 1. The van der Waals surface area contributed by atoms with Gasteiger partial charge in [0.05, 0.1) is 75.7 Å². The number of carbonyl (C=O) groups excluding carboxylic acids is 1. The summed E-state index contributed by atoms with van der Waals surface area (Å²) in [7, 11) is 1.65. The van der Waals surface area contributed by atoms with Crippen molar-refractivity contribution < 1.29 is 28.5 Å². The van der Waals surface area contributed by atoms with Gasteiger partial charge in [-0.3, -0.25) is 9.69 Å². The van der Waals surface area contributed by atoms with E-state index < -0.39 is 0 Å². The van der Waals surface area contributed by atoms with E-state index >= 15 is 0 Å². The van der Waals surface area contributed by atoms with Gasteiger partial charge in [0.2, 0.25) is 0 Å². The summed E-state index contributed by atoms with van der Waals surface area (Å²) in [5, 5.41) is 4.30. The summed E-state index contributed by atoms with van der Waals surface area (Å²) < 4.78 is 28.1. The Kier molecular flexibility index (Phi) is 10.4. The third-order valence-corrected chi connectivity index (χ3v) is 9.76. The Morgan fingerprint density at radius 3 is 2.30 bits per heavy atom. The summed E-state index contributed by atoms with van der Waals surface area (Å²) in [6.45, 7) is 12.4. The molecule has 2 bridgehead atoms. The van der Waals surface area contributed by atoms with Crippen molar-refractivity contribution in [2.75, 3.05) is 91.5 Å². The molecule has 1 aromatic carbocycles. The first-order chi connectivity index (χ1) is 19.5. The van der Waals surface area contributed by atoms with Gasteiger partial charge in [0.15, 0.2) is 10.9 Å². The van der Waals surface area contributed by atoms with E-state index in [1.54, 1.807) is 18.4 Å². The van der Waals surface area contributed by atoms with E-state index in [1.807, 2.05) is 12.1 Å². The molecule has 0 amide bonds. The van der Waals surface area contributed by atoms with E-state index in [0.717, 1.165) is 46.3 Å². The number of rotatable bonds is 18. The van der Waals surface area contributed by atoms with Crippen molar-refractivity contribution in [2.24, 2.45) is 11.8 Å². The molecule has 9 nitrogen and oxygen atoms in total. The quantitative estimate of drug-likeness (QED) is 0.265. The predicted octanol–water partition coefficient (Wildman–Crippen LogP) is 4.00. The Labute approximate surface area is 241 Å². The second-order valence-electron chi connectivity index (χ2n) is 11.4. The van der Waals surface area contributed by atoms with Crippen LogP contribution in [0.15, 0.2) is 12.1 Å². The van der Waals surface area contributed by atoms with Crippen LogP contribution in [-0.2, 0) is 29.1 Å². The van der Waals surface area contributed by atoms with Gasteiger partial charge in [-0.05, 0) is 55.3 Å². The fraction of sp³-hybridized carbons (Fsp3) is 0.733. The van der Waals surface area contributed by atoms with Gasteiger partial charge in [0, 0.05) is 31.2 Å². The van der Waals surface area contributed by atoms with Crippen LogP contribution < -0.4 is 5.32 Å². The Morgan fingerprint density at radius 2 is 1.65 bits per heavy atom. The SMILES string of the molecule is COCCOCCOCCOCCOCCNc1nc2ccc3c(c2s1)[C@]1(C)CCN(CC2CC2)C(C3=O)[C@@H]1C. The third kappa shape index (κ3) is 6.86. The summed E-state index contributed by atoms with van der Waals surface area (Å²) in [6, 6.07) is 4.07. The number of thiazole rings is 1. The largest absolute Gasteiger partial charge is 0.382 e. The van der Waals surface area contributed by atoms with Crippen molar-refractivity contribution in [1.82, 2.24) is 9.88 Å². The van der Waals surface area contributed by atoms with Gasteiger partial charge in [-0.15, -0.1) is 0 Å². The number of methoxy groups -OCH3 is 1. The molecule has 3 aliphatic rings. The molecule has 2 aromatic rings. The van der Waals surface area contributed by atoms with E-state index in [9.17, 15) is 4.79 Å². The van der Waals surface area contributed by atoms with Crippen LogP contribution in [0.25, 0.3) is 10.2 Å². The lowest BCUT2D eigenvalue weighted by atomic mass is 9.58. The predicted molar refractivity (Wildman–Crippen MR) is 157 cm³/mol. The summed E-state index contributed by atoms with van der Waals surface area (Å²) in [5.41, 5.74) is 3.11. The molecule has 2 fully saturated rings. The van der Waals surface area contributed by atoms with Crippen LogP contribution in [0.2, 0.25) is 0 Å². The summed E-state index contributed by atoms with van der Waals surface area (Å²) in [5.74, 6) is 1.40. The molecular weight excluding hydrogens is 530 g/mol. The van der Waals surface area contributed by atoms with Crippen molar-refractivity contribution >= 4 is 32.5 Å². The zero-order valence-electron chi connectivity index (χ0n) is 24.2. The summed E-state index contributed by atoms with van der Waals surface area (Å²) in [4.78, 5) is 21.1. The van der Waals surface area contributed by atoms with Gasteiger partial charge in [-0.2, -0.15) is 0 Å². The highest BCUT2D eigenvalue weighted by Gasteiger charge is 2.53. The zero-order valence-corrected chi connectivity index (χ0v) is 25.1. The normalized spacial score (nSPS) is 24.5. The molecule has 1 N–H and O–H groups in total. The lowest BCUT2D eigenvalue weighted by molar-refractivity contribution is -0.00700. The van der Waals surface area contributed by atoms with Gasteiger partial charge >= 0.3 is 0 Å². The maximum Gasteiger partial charge on any atom is 0.183 e. The maximum atomic E-state index is 13.8. The van der Waals surface area contributed by atoms with E-state index in [4.69, 9.17) is 28.7 Å². The molecule has 0 spiro atoms. The number of piperidine rings is 1. The fourth-order valence-electron chi connectivity index (χ4n) is 6.12. The molecule has 10 heteroatoms. The molecule has 5 rings (SSSR count). The molecule has 1 unspecified atom stereocenters. The number of nitrogens with one attached hydrogen (secondary N) is 1. The van der Waals surface area contributed by atoms with E-state index in [0.29, 0.717) is 77.7 Å². The van der Waals surface area contributed by atoms with Crippen LogP contribution in [0.4, 0.5) is 5.13 Å². The number of hydrogen-bond acceptors (Lipinski definition) is 10. The molecular formula is C30H45N3O6S. The first-order valence-corrected chi connectivity index (χ1v) is 15.6. The lowest BCUT2D eigenvalue weighted by Crippen LogP contribution is -2.61. The highest BCUT2D eigenvalue weighted by atomic mass is 32.1.